The van der Waals surface area contributed by atoms with Gasteiger partial charge in [-0.15, -0.1) is 6.58 Å². The molecule has 0 saturated carbocycles. The zero-order valence-electron chi connectivity index (χ0n) is 17.4. The Morgan fingerprint density at radius 3 is 2.48 bits per heavy atom. The average molecular weight is 393 g/mol. The number of fused-ring (bicyclic) bond motifs is 4. The Hall–Kier alpha value is -2.14. The van der Waals surface area contributed by atoms with Gasteiger partial charge in [-0.2, -0.15) is 0 Å². The Bertz CT molecular complexity index is 777. The number of ether oxygens (including phenoxy) is 2. The van der Waals surface area contributed by atoms with E-state index < -0.39 is 0 Å². The molecule has 0 unspecified atom stereocenters. The minimum Gasteiger partial charge on any atom is -0.497 e. The Balaban J connectivity index is 1.49. The van der Waals surface area contributed by atoms with Crippen molar-refractivity contribution in [2.24, 2.45) is 0 Å². The van der Waals surface area contributed by atoms with E-state index in [0.29, 0.717) is 18.7 Å². The summed E-state index contributed by atoms with van der Waals surface area (Å²) >= 11 is 0. The monoisotopic (exact) mass is 392 g/mol. The average Bonchev–Trinajstić information content (AvgIpc) is 3.03. The van der Waals surface area contributed by atoms with Crippen molar-refractivity contribution in [1.82, 2.24) is 9.80 Å². The van der Waals surface area contributed by atoms with Crippen LogP contribution in [0.4, 0.5) is 0 Å². The zero-order chi connectivity index (χ0) is 20.1. The van der Waals surface area contributed by atoms with Crippen LogP contribution in [-0.4, -0.2) is 54.7 Å². The number of piperazine rings is 1. The van der Waals surface area contributed by atoms with E-state index in [4.69, 9.17) is 9.47 Å². The second-order valence-electron chi connectivity index (χ2n) is 8.15. The molecule has 0 radical (unpaired) electrons. The molecule has 4 heteroatoms. The van der Waals surface area contributed by atoms with Crippen molar-refractivity contribution in [3.8, 4) is 5.75 Å². The molecule has 4 nitrogen and oxygen atoms in total. The van der Waals surface area contributed by atoms with Crippen LogP contribution < -0.4 is 4.74 Å². The molecular formula is C25H32N2O2. The van der Waals surface area contributed by atoms with Gasteiger partial charge in [0.2, 0.25) is 0 Å². The van der Waals surface area contributed by atoms with Crippen LogP contribution in [0.5, 0.6) is 5.75 Å². The summed E-state index contributed by atoms with van der Waals surface area (Å²) in [6, 6.07) is 20.0. The van der Waals surface area contributed by atoms with E-state index in [1.807, 2.05) is 6.08 Å². The van der Waals surface area contributed by atoms with E-state index in [1.54, 1.807) is 7.11 Å². The van der Waals surface area contributed by atoms with Gasteiger partial charge in [0.15, 0.2) is 0 Å². The molecule has 2 bridgehead atoms. The maximum absolute atomic E-state index is 6.50. The first kappa shape index (κ1) is 20.1. The molecule has 3 aliphatic heterocycles. The maximum atomic E-state index is 6.50. The predicted molar refractivity (Wildman–Crippen MR) is 117 cm³/mol. The smallest absolute Gasteiger partial charge is 0.118 e. The number of methoxy groups -OCH3 is 1. The van der Waals surface area contributed by atoms with E-state index in [2.05, 4.69) is 71.0 Å². The van der Waals surface area contributed by atoms with Crippen molar-refractivity contribution >= 4 is 0 Å². The van der Waals surface area contributed by atoms with Gasteiger partial charge < -0.3 is 9.47 Å². The Morgan fingerprint density at radius 1 is 0.966 bits per heavy atom. The highest BCUT2D eigenvalue weighted by molar-refractivity contribution is 5.27. The van der Waals surface area contributed by atoms with Gasteiger partial charge in [-0.1, -0.05) is 48.5 Å². The number of benzene rings is 2. The zero-order valence-corrected chi connectivity index (χ0v) is 17.4. The quantitative estimate of drug-likeness (QED) is 0.631. The number of rotatable bonds is 8. The molecule has 2 aromatic rings. The lowest BCUT2D eigenvalue weighted by Crippen LogP contribution is -2.58. The normalized spacial score (nSPS) is 24.9. The van der Waals surface area contributed by atoms with Crippen LogP contribution in [0.3, 0.4) is 0 Å². The number of nitrogens with zero attached hydrogens (tertiary/aromatic N) is 2. The number of hydrogen-bond donors (Lipinski definition) is 0. The van der Waals surface area contributed by atoms with Gasteiger partial charge in [0.1, 0.15) is 5.75 Å². The van der Waals surface area contributed by atoms with Gasteiger partial charge in [0.25, 0.3) is 0 Å². The molecule has 5 rings (SSSR count). The van der Waals surface area contributed by atoms with Crippen molar-refractivity contribution in [2.45, 2.75) is 44.2 Å². The summed E-state index contributed by atoms with van der Waals surface area (Å²) in [7, 11) is 1.71. The molecular weight excluding hydrogens is 360 g/mol. The number of hydrogen-bond acceptors (Lipinski definition) is 4. The highest BCUT2D eigenvalue weighted by Crippen LogP contribution is 2.31. The third-order valence-corrected chi connectivity index (χ3v) is 6.28. The van der Waals surface area contributed by atoms with Crippen molar-refractivity contribution in [1.29, 1.82) is 0 Å². The molecule has 29 heavy (non-hydrogen) atoms. The summed E-state index contributed by atoms with van der Waals surface area (Å²) in [4.78, 5) is 5.22. The van der Waals surface area contributed by atoms with E-state index in [1.165, 1.54) is 17.5 Å². The summed E-state index contributed by atoms with van der Waals surface area (Å²) in [6.07, 6.45) is 4.60. The summed E-state index contributed by atoms with van der Waals surface area (Å²) < 4.78 is 11.8. The maximum Gasteiger partial charge on any atom is 0.118 e. The molecule has 2 aromatic carbocycles. The van der Waals surface area contributed by atoms with Gasteiger partial charge in [0.05, 0.1) is 19.8 Å². The van der Waals surface area contributed by atoms with Crippen molar-refractivity contribution in [2.75, 3.05) is 26.7 Å². The molecule has 0 spiro atoms. The lowest BCUT2D eigenvalue weighted by molar-refractivity contribution is -0.0467. The Morgan fingerprint density at radius 2 is 1.76 bits per heavy atom. The second-order valence-corrected chi connectivity index (χ2v) is 8.15. The summed E-state index contributed by atoms with van der Waals surface area (Å²) in [6.45, 7) is 8.71. The highest BCUT2D eigenvalue weighted by Gasteiger charge is 2.41. The molecule has 3 fully saturated rings. The third kappa shape index (κ3) is 4.89. The summed E-state index contributed by atoms with van der Waals surface area (Å²) in [5.41, 5.74) is 2.58. The van der Waals surface area contributed by atoms with Crippen LogP contribution >= 0.6 is 0 Å². The molecule has 0 aliphatic carbocycles. The first-order chi connectivity index (χ1) is 14.3. The largest absolute Gasteiger partial charge is 0.497 e. The first-order valence-electron chi connectivity index (χ1n) is 10.6. The Labute approximate surface area is 174 Å². The lowest BCUT2D eigenvalue weighted by Gasteiger charge is -2.45. The molecule has 3 heterocycles. The van der Waals surface area contributed by atoms with Crippen LogP contribution in [-0.2, 0) is 17.9 Å². The molecule has 154 valence electrons. The summed E-state index contributed by atoms with van der Waals surface area (Å²) in [5.74, 6) is 0.910. The molecule has 3 aliphatic rings. The predicted octanol–water partition coefficient (Wildman–Crippen LogP) is 4.12. The van der Waals surface area contributed by atoms with Crippen molar-refractivity contribution in [3.05, 3.63) is 78.4 Å². The minimum absolute atomic E-state index is 0.258. The lowest BCUT2D eigenvalue weighted by atomic mass is 10.0. The molecule has 0 N–H and O–H groups in total. The van der Waals surface area contributed by atoms with Crippen LogP contribution in [0.2, 0.25) is 0 Å². The fourth-order valence-electron chi connectivity index (χ4n) is 4.71. The minimum atomic E-state index is 0.258. The third-order valence-electron chi connectivity index (χ3n) is 6.28. The fourth-order valence-corrected chi connectivity index (χ4v) is 4.71. The molecule has 0 amide bonds. The van der Waals surface area contributed by atoms with E-state index in [-0.39, 0.29) is 6.10 Å². The Kier molecular flexibility index (Phi) is 6.65. The highest BCUT2D eigenvalue weighted by atomic mass is 16.5. The first-order valence-corrected chi connectivity index (χ1v) is 10.6. The van der Waals surface area contributed by atoms with Gasteiger partial charge in [0, 0.05) is 38.3 Å². The fraction of sp³-hybridized carbons (Fsp3) is 0.440. The molecule has 0 aromatic heterocycles. The van der Waals surface area contributed by atoms with E-state index in [9.17, 15) is 0 Å². The van der Waals surface area contributed by atoms with Crippen LogP contribution in [0.1, 0.15) is 24.0 Å². The van der Waals surface area contributed by atoms with Gasteiger partial charge in [-0.25, -0.2) is 0 Å². The van der Waals surface area contributed by atoms with Crippen LogP contribution in [0, 0.1) is 0 Å². The van der Waals surface area contributed by atoms with E-state index in [0.717, 1.165) is 38.3 Å². The topological polar surface area (TPSA) is 24.9 Å². The van der Waals surface area contributed by atoms with E-state index >= 15 is 0 Å². The molecule has 3 saturated heterocycles. The van der Waals surface area contributed by atoms with Gasteiger partial charge in [-0.3, -0.25) is 9.80 Å². The SMILES string of the molecule is C=CCN1C[C@@H]2[C@@H](OCc3ccccc3)CC[C@H]1CN2Cc1ccc(OC)cc1. The van der Waals surface area contributed by atoms with Crippen LogP contribution in [0.15, 0.2) is 67.3 Å². The van der Waals surface area contributed by atoms with Crippen LogP contribution in [0.25, 0.3) is 0 Å². The molecule has 3 atom stereocenters. The van der Waals surface area contributed by atoms with Gasteiger partial charge in [-0.05, 0) is 36.1 Å². The van der Waals surface area contributed by atoms with Crippen molar-refractivity contribution < 1.29 is 9.47 Å². The second kappa shape index (κ2) is 9.57. The van der Waals surface area contributed by atoms with Gasteiger partial charge >= 0.3 is 0 Å². The summed E-state index contributed by atoms with van der Waals surface area (Å²) in [5, 5.41) is 0. The standard InChI is InChI=1S/C25H32N2O2/c1-3-15-26-18-24-25(29-19-21-7-5-4-6-8-21)14-11-22(26)17-27(24)16-20-9-12-23(28-2)13-10-20/h3-10,12-13,22,24-25H,1,11,14-19H2,2H3/t22-,24+,25-/m0/s1. The van der Waals surface area contributed by atoms with Crippen molar-refractivity contribution in [3.63, 3.8) is 0 Å².